The van der Waals surface area contributed by atoms with E-state index in [1.165, 1.54) is 5.70 Å². The number of hydrogen-bond donors (Lipinski definition) is 1. The average molecular weight is 272 g/mol. The summed E-state index contributed by atoms with van der Waals surface area (Å²) in [7, 11) is 1.68. The second-order valence-electron chi connectivity index (χ2n) is 5.03. The Kier molecular flexibility index (Phi) is 3.92. The van der Waals surface area contributed by atoms with E-state index in [1.54, 1.807) is 7.11 Å². The highest BCUT2D eigenvalue weighted by molar-refractivity contribution is 5.27. The minimum Gasteiger partial charge on any atom is -0.497 e. The van der Waals surface area contributed by atoms with E-state index in [-0.39, 0.29) is 0 Å². The summed E-state index contributed by atoms with van der Waals surface area (Å²) >= 11 is 0. The molecule has 20 heavy (non-hydrogen) atoms. The van der Waals surface area contributed by atoms with Crippen molar-refractivity contribution in [3.63, 3.8) is 0 Å². The maximum atomic E-state index is 5.91. The lowest BCUT2D eigenvalue weighted by molar-refractivity contribution is 0.162. The van der Waals surface area contributed by atoms with Gasteiger partial charge in [0.15, 0.2) is 0 Å². The Morgan fingerprint density at radius 3 is 2.85 bits per heavy atom. The van der Waals surface area contributed by atoms with E-state index in [0.29, 0.717) is 6.61 Å². The van der Waals surface area contributed by atoms with Crippen LogP contribution in [0.3, 0.4) is 0 Å². The summed E-state index contributed by atoms with van der Waals surface area (Å²) in [5.41, 5.74) is 2.51. The summed E-state index contributed by atoms with van der Waals surface area (Å²) in [5.74, 6) is 1.91. The molecular formula is C16H20N2O2. The van der Waals surface area contributed by atoms with Crippen molar-refractivity contribution >= 4 is 0 Å². The van der Waals surface area contributed by atoms with Gasteiger partial charge in [-0.2, -0.15) is 0 Å². The minimum atomic E-state index is 0.602. The van der Waals surface area contributed by atoms with E-state index in [1.807, 2.05) is 24.3 Å². The number of ether oxygens (including phenoxy) is 2. The number of nitrogens with one attached hydrogen (secondary N) is 1. The fraction of sp³-hybridized carbons (Fsp3) is 0.375. The normalized spacial score (nSPS) is 17.9. The molecule has 0 bridgehead atoms. The maximum absolute atomic E-state index is 5.91. The highest BCUT2D eigenvalue weighted by atomic mass is 16.5. The number of benzene rings is 1. The first-order valence-corrected chi connectivity index (χ1v) is 6.96. The molecule has 4 nitrogen and oxygen atoms in total. The Hall–Kier alpha value is -1.94. The summed E-state index contributed by atoms with van der Waals surface area (Å²) in [6.07, 6.45) is 4.24. The van der Waals surface area contributed by atoms with Gasteiger partial charge in [-0.1, -0.05) is 12.1 Å². The van der Waals surface area contributed by atoms with Gasteiger partial charge in [-0.3, -0.25) is 0 Å². The van der Waals surface area contributed by atoms with Crippen LogP contribution in [0, 0.1) is 0 Å². The number of hydrogen-bond acceptors (Lipinski definition) is 4. The van der Waals surface area contributed by atoms with Gasteiger partial charge in [-0.15, -0.1) is 0 Å². The molecule has 0 radical (unpaired) electrons. The largest absolute Gasteiger partial charge is 0.497 e. The fourth-order valence-electron chi connectivity index (χ4n) is 2.45. The van der Waals surface area contributed by atoms with E-state index in [4.69, 9.17) is 9.47 Å². The Balaban J connectivity index is 1.58. The third-order valence-corrected chi connectivity index (χ3v) is 3.66. The van der Waals surface area contributed by atoms with Crippen LogP contribution >= 0.6 is 0 Å². The predicted molar refractivity (Wildman–Crippen MR) is 78.4 cm³/mol. The molecule has 2 aliphatic heterocycles. The summed E-state index contributed by atoms with van der Waals surface area (Å²) in [4.78, 5) is 2.37. The van der Waals surface area contributed by atoms with Crippen LogP contribution in [0.15, 0.2) is 47.9 Å². The molecule has 0 unspecified atom stereocenters. The third-order valence-electron chi connectivity index (χ3n) is 3.66. The molecule has 106 valence electrons. The Morgan fingerprint density at radius 2 is 2.05 bits per heavy atom. The van der Waals surface area contributed by atoms with E-state index >= 15 is 0 Å². The fourth-order valence-corrected chi connectivity index (χ4v) is 2.45. The van der Waals surface area contributed by atoms with Crippen molar-refractivity contribution in [2.75, 3.05) is 33.3 Å². The molecule has 0 aromatic heterocycles. The summed E-state index contributed by atoms with van der Waals surface area (Å²) in [5, 5.41) is 3.38. The van der Waals surface area contributed by atoms with Crippen LogP contribution in [-0.4, -0.2) is 38.2 Å². The first-order valence-electron chi connectivity index (χ1n) is 6.96. The molecule has 1 aromatic rings. The van der Waals surface area contributed by atoms with Crippen LogP contribution in [0.25, 0.3) is 0 Å². The predicted octanol–water partition coefficient (Wildman–Crippen LogP) is 1.90. The van der Waals surface area contributed by atoms with Crippen molar-refractivity contribution in [2.24, 2.45) is 0 Å². The number of allylic oxidation sites excluding steroid dienone is 2. The second-order valence-corrected chi connectivity index (χ2v) is 5.03. The summed E-state index contributed by atoms with van der Waals surface area (Å²) < 4.78 is 11.1. The van der Waals surface area contributed by atoms with Crippen LogP contribution in [0.4, 0.5) is 0 Å². The SMILES string of the molecule is COc1ccc(COC2=CC=C3CNCCN3C2)cc1. The van der Waals surface area contributed by atoms with Crippen LogP contribution in [0.2, 0.25) is 0 Å². The van der Waals surface area contributed by atoms with Gasteiger partial charge in [0.25, 0.3) is 0 Å². The van der Waals surface area contributed by atoms with Gasteiger partial charge < -0.3 is 19.7 Å². The Bertz CT molecular complexity index is 520. The van der Waals surface area contributed by atoms with Crippen molar-refractivity contribution in [1.82, 2.24) is 10.2 Å². The number of piperazine rings is 1. The molecule has 1 saturated heterocycles. The first kappa shape index (κ1) is 13.1. The lowest BCUT2D eigenvalue weighted by Crippen LogP contribution is -2.43. The number of methoxy groups -OCH3 is 1. The standard InChI is InChI=1S/C16H20N2O2/c1-19-15-5-2-13(3-6-15)12-20-16-7-4-14-10-17-8-9-18(14)11-16/h2-7,17H,8-12H2,1H3. The smallest absolute Gasteiger partial charge is 0.118 e. The third kappa shape index (κ3) is 2.96. The lowest BCUT2D eigenvalue weighted by Gasteiger charge is -2.34. The number of rotatable bonds is 4. The van der Waals surface area contributed by atoms with Gasteiger partial charge in [0.2, 0.25) is 0 Å². The molecule has 0 spiro atoms. The van der Waals surface area contributed by atoms with Crippen molar-refractivity contribution in [3.05, 3.63) is 53.4 Å². The Morgan fingerprint density at radius 1 is 1.20 bits per heavy atom. The molecule has 0 saturated carbocycles. The van der Waals surface area contributed by atoms with Crippen molar-refractivity contribution in [2.45, 2.75) is 6.61 Å². The maximum Gasteiger partial charge on any atom is 0.118 e. The summed E-state index contributed by atoms with van der Waals surface area (Å²) in [6.45, 7) is 4.54. The minimum absolute atomic E-state index is 0.602. The van der Waals surface area contributed by atoms with Gasteiger partial charge in [-0.25, -0.2) is 0 Å². The molecule has 4 heteroatoms. The van der Waals surface area contributed by atoms with Gasteiger partial charge in [0, 0.05) is 25.3 Å². The van der Waals surface area contributed by atoms with Gasteiger partial charge in [-0.05, 0) is 29.8 Å². The van der Waals surface area contributed by atoms with Crippen molar-refractivity contribution < 1.29 is 9.47 Å². The number of fused-ring (bicyclic) bond motifs is 1. The zero-order chi connectivity index (χ0) is 13.8. The summed E-state index contributed by atoms with van der Waals surface area (Å²) in [6, 6.07) is 7.99. The molecule has 0 aliphatic carbocycles. The van der Waals surface area contributed by atoms with Gasteiger partial charge in [0.05, 0.1) is 13.7 Å². The van der Waals surface area contributed by atoms with Gasteiger partial charge in [0.1, 0.15) is 18.1 Å². The molecule has 1 aromatic carbocycles. The zero-order valence-corrected chi connectivity index (χ0v) is 11.8. The second kappa shape index (κ2) is 6.01. The highest BCUT2D eigenvalue weighted by Gasteiger charge is 2.18. The molecule has 3 rings (SSSR count). The van der Waals surface area contributed by atoms with E-state index in [0.717, 1.165) is 43.3 Å². The first-order chi connectivity index (χ1) is 9.85. The number of nitrogens with zero attached hydrogens (tertiary/aromatic N) is 1. The van der Waals surface area contributed by atoms with E-state index in [2.05, 4.69) is 22.4 Å². The van der Waals surface area contributed by atoms with Crippen molar-refractivity contribution in [3.8, 4) is 5.75 Å². The van der Waals surface area contributed by atoms with Crippen LogP contribution in [0.1, 0.15) is 5.56 Å². The average Bonchev–Trinajstić information content (AvgIpc) is 2.53. The van der Waals surface area contributed by atoms with E-state index < -0.39 is 0 Å². The molecule has 2 heterocycles. The van der Waals surface area contributed by atoms with Crippen molar-refractivity contribution in [1.29, 1.82) is 0 Å². The molecule has 1 N–H and O–H groups in total. The molecule has 2 aliphatic rings. The van der Waals surface area contributed by atoms with Crippen LogP contribution < -0.4 is 10.1 Å². The molecule has 1 fully saturated rings. The zero-order valence-electron chi connectivity index (χ0n) is 11.8. The van der Waals surface area contributed by atoms with E-state index in [9.17, 15) is 0 Å². The molecule has 0 atom stereocenters. The monoisotopic (exact) mass is 272 g/mol. The quantitative estimate of drug-likeness (QED) is 0.907. The van der Waals surface area contributed by atoms with Crippen LogP contribution in [0.5, 0.6) is 5.75 Å². The van der Waals surface area contributed by atoms with Gasteiger partial charge >= 0.3 is 0 Å². The van der Waals surface area contributed by atoms with Crippen LogP contribution in [-0.2, 0) is 11.3 Å². The molecular weight excluding hydrogens is 252 g/mol. The topological polar surface area (TPSA) is 33.7 Å². The molecule has 0 amide bonds. The highest BCUT2D eigenvalue weighted by Crippen LogP contribution is 2.19. The lowest BCUT2D eigenvalue weighted by atomic mass is 10.2. The Labute approximate surface area is 119 Å².